The fraction of sp³-hybridized carbons (Fsp3) is 0.333. The van der Waals surface area contributed by atoms with Gasteiger partial charge >= 0.3 is 0 Å². The van der Waals surface area contributed by atoms with Crippen molar-refractivity contribution in [1.82, 2.24) is 0 Å². The molecule has 0 atom stereocenters. The van der Waals surface area contributed by atoms with Gasteiger partial charge in [-0.2, -0.15) is 0 Å². The Morgan fingerprint density at radius 1 is 0.913 bits per heavy atom. The molecular weight excluding hydrogens is 314 g/mol. The molecule has 2 aromatic carbocycles. The zero-order valence-corrected chi connectivity index (χ0v) is 14.5. The van der Waals surface area contributed by atoms with Crippen molar-refractivity contribution in [2.75, 3.05) is 27.9 Å². The molecule has 0 aliphatic rings. The lowest BCUT2D eigenvalue weighted by molar-refractivity contribution is -0.670. The van der Waals surface area contributed by atoms with Crippen LogP contribution in [0.25, 0.3) is 0 Å². The van der Waals surface area contributed by atoms with Gasteiger partial charge in [-0.25, -0.2) is 0 Å². The van der Waals surface area contributed by atoms with E-state index in [1.54, 1.807) is 21.3 Å². The molecule has 0 radical (unpaired) electrons. The molecule has 0 saturated carbocycles. The molecule has 0 bridgehead atoms. The van der Waals surface area contributed by atoms with Crippen LogP contribution in [0.4, 0.5) is 0 Å². The highest BCUT2D eigenvalue weighted by atomic mass is 35.5. The minimum Gasteiger partial charge on any atom is -0.496 e. The van der Waals surface area contributed by atoms with Crippen LogP contribution in [0.5, 0.6) is 17.2 Å². The fourth-order valence-corrected chi connectivity index (χ4v) is 2.68. The summed E-state index contributed by atoms with van der Waals surface area (Å²) in [6, 6.07) is 11.8. The van der Waals surface area contributed by atoms with Crippen molar-refractivity contribution in [2.24, 2.45) is 0 Å². The number of hydrogen-bond acceptors (Lipinski definition) is 3. The molecule has 0 heterocycles. The standard InChI is InChI=1S/C18H22ClNO3/c1-21-16-11-18(23-3)17(22-2)10-14(16)12-20-8-7-13-5-4-6-15(19)9-13/h4-6,9-11,20H,7-8,12H2,1-3H3/p+1. The van der Waals surface area contributed by atoms with Crippen molar-refractivity contribution in [3.8, 4) is 17.2 Å². The minimum absolute atomic E-state index is 0.673. The van der Waals surface area contributed by atoms with Crippen molar-refractivity contribution in [2.45, 2.75) is 13.0 Å². The second-order valence-corrected chi connectivity index (χ2v) is 5.62. The third kappa shape index (κ3) is 4.78. The Balaban J connectivity index is 1.97. The van der Waals surface area contributed by atoms with E-state index < -0.39 is 0 Å². The van der Waals surface area contributed by atoms with E-state index >= 15 is 0 Å². The third-order valence-corrected chi connectivity index (χ3v) is 3.91. The van der Waals surface area contributed by atoms with Crippen LogP contribution in [0.15, 0.2) is 36.4 Å². The van der Waals surface area contributed by atoms with Crippen LogP contribution in [-0.4, -0.2) is 27.9 Å². The van der Waals surface area contributed by atoms with Crippen molar-refractivity contribution >= 4 is 11.6 Å². The van der Waals surface area contributed by atoms with Crippen LogP contribution < -0.4 is 19.5 Å². The molecule has 5 heteroatoms. The van der Waals surface area contributed by atoms with E-state index in [2.05, 4.69) is 11.4 Å². The zero-order chi connectivity index (χ0) is 16.7. The zero-order valence-electron chi connectivity index (χ0n) is 13.8. The van der Waals surface area contributed by atoms with Crippen molar-refractivity contribution in [1.29, 1.82) is 0 Å². The number of ether oxygens (including phenoxy) is 3. The maximum absolute atomic E-state index is 6.00. The number of methoxy groups -OCH3 is 3. The molecule has 2 N–H and O–H groups in total. The summed E-state index contributed by atoms with van der Waals surface area (Å²) in [6.45, 7) is 1.78. The summed E-state index contributed by atoms with van der Waals surface area (Å²) in [5.74, 6) is 2.19. The Bertz CT molecular complexity index is 646. The Labute approximate surface area is 142 Å². The molecule has 0 aromatic heterocycles. The summed E-state index contributed by atoms with van der Waals surface area (Å²) < 4.78 is 16.1. The minimum atomic E-state index is 0.673. The van der Waals surface area contributed by atoms with Gasteiger partial charge in [-0.1, -0.05) is 23.7 Å². The smallest absolute Gasteiger partial charge is 0.164 e. The van der Waals surface area contributed by atoms with Crippen LogP contribution in [0.2, 0.25) is 5.02 Å². The van der Waals surface area contributed by atoms with Gasteiger partial charge < -0.3 is 19.5 Å². The topological polar surface area (TPSA) is 44.3 Å². The van der Waals surface area contributed by atoms with Gasteiger partial charge in [0.2, 0.25) is 0 Å². The summed E-state index contributed by atoms with van der Waals surface area (Å²) in [5, 5.41) is 3.02. The third-order valence-electron chi connectivity index (χ3n) is 3.68. The van der Waals surface area contributed by atoms with Gasteiger partial charge in [0.15, 0.2) is 11.5 Å². The number of nitrogens with two attached hydrogens (primary N) is 1. The number of hydrogen-bond donors (Lipinski definition) is 1. The summed E-state index contributed by atoms with van der Waals surface area (Å²) in [7, 11) is 4.92. The monoisotopic (exact) mass is 336 g/mol. The quantitative estimate of drug-likeness (QED) is 0.754. The van der Waals surface area contributed by atoms with Gasteiger partial charge in [0.1, 0.15) is 12.3 Å². The van der Waals surface area contributed by atoms with E-state index in [9.17, 15) is 0 Å². The summed E-state index contributed by atoms with van der Waals surface area (Å²) in [5.41, 5.74) is 2.32. The average Bonchev–Trinajstić information content (AvgIpc) is 2.58. The fourth-order valence-electron chi connectivity index (χ4n) is 2.47. The molecule has 0 unspecified atom stereocenters. The van der Waals surface area contributed by atoms with Crippen LogP contribution in [-0.2, 0) is 13.0 Å². The van der Waals surface area contributed by atoms with E-state index in [1.165, 1.54) is 5.56 Å². The van der Waals surface area contributed by atoms with Gasteiger partial charge in [0.05, 0.1) is 33.4 Å². The van der Waals surface area contributed by atoms with Crippen LogP contribution in [0.3, 0.4) is 0 Å². The second-order valence-electron chi connectivity index (χ2n) is 5.18. The maximum Gasteiger partial charge on any atom is 0.164 e. The number of rotatable bonds is 8. The van der Waals surface area contributed by atoms with Gasteiger partial charge in [0, 0.05) is 17.5 Å². The first-order chi connectivity index (χ1) is 11.2. The number of halogens is 1. The average molecular weight is 337 g/mol. The molecule has 124 valence electrons. The number of benzene rings is 2. The van der Waals surface area contributed by atoms with Crippen LogP contribution in [0.1, 0.15) is 11.1 Å². The van der Waals surface area contributed by atoms with E-state index in [1.807, 2.05) is 30.3 Å². The lowest BCUT2D eigenvalue weighted by atomic mass is 10.1. The normalized spacial score (nSPS) is 10.4. The van der Waals surface area contributed by atoms with Crippen molar-refractivity contribution < 1.29 is 19.5 Å². The van der Waals surface area contributed by atoms with Gasteiger partial charge in [-0.15, -0.1) is 0 Å². The van der Waals surface area contributed by atoms with E-state index in [0.29, 0.717) is 11.5 Å². The molecule has 4 nitrogen and oxygen atoms in total. The summed E-state index contributed by atoms with van der Waals surface area (Å²) >= 11 is 6.00. The Morgan fingerprint density at radius 2 is 1.61 bits per heavy atom. The van der Waals surface area contributed by atoms with E-state index in [-0.39, 0.29) is 0 Å². The molecule has 0 aliphatic carbocycles. The second kappa shape index (κ2) is 8.65. The molecule has 0 amide bonds. The van der Waals surface area contributed by atoms with Crippen molar-refractivity contribution in [3.05, 3.63) is 52.5 Å². The molecule has 2 aromatic rings. The molecule has 0 spiro atoms. The summed E-state index contributed by atoms with van der Waals surface area (Å²) in [4.78, 5) is 0. The maximum atomic E-state index is 6.00. The highest BCUT2D eigenvalue weighted by Gasteiger charge is 2.12. The lowest BCUT2D eigenvalue weighted by Crippen LogP contribution is -2.83. The largest absolute Gasteiger partial charge is 0.496 e. The van der Waals surface area contributed by atoms with Crippen molar-refractivity contribution in [3.63, 3.8) is 0 Å². The Morgan fingerprint density at radius 3 is 2.26 bits per heavy atom. The first kappa shape index (κ1) is 17.4. The molecule has 0 fully saturated rings. The van der Waals surface area contributed by atoms with Crippen LogP contribution >= 0.6 is 11.6 Å². The lowest BCUT2D eigenvalue weighted by Gasteiger charge is -2.13. The van der Waals surface area contributed by atoms with Gasteiger partial charge in [0.25, 0.3) is 0 Å². The van der Waals surface area contributed by atoms with Gasteiger partial charge in [-0.05, 0) is 23.8 Å². The van der Waals surface area contributed by atoms with E-state index in [4.69, 9.17) is 25.8 Å². The van der Waals surface area contributed by atoms with Crippen LogP contribution in [0, 0.1) is 0 Å². The first-order valence-electron chi connectivity index (χ1n) is 7.53. The molecule has 0 aliphatic heterocycles. The Kier molecular flexibility index (Phi) is 6.56. The first-order valence-corrected chi connectivity index (χ1v) is 7.90. The van der Waals surface area contributed by atoms with Gasteiger partial charge in [-0.3, -0.25) is 0 Å². The molecule has 23 heavy (non-hydrogen) atoms. The highest BCUT2D eigenvalue weighted by molar-refractivity contribution is 6.30. The molecule has 0 saturated heterocycles. The van der Waals surface area contributed by atoms with E-state index in [0.717, 1.165) is 35.8 Å². The molecular formula is C18H23ClNO3+. The number of quaternary nitrogens is 1. The summed E-state index contributed by atoms with van der Waals surface area (Å²) in [6.07, 6.45) is 0.968. The Hall–Kier alpha value is -1.91. The SMILES string of the molecule is COc1cc(OC)c(OC)cc1C[NH2+]CCc1cccc(Cl)c1. The molecule has 2 rings (SSSR count). The predicted octanol–water partition coefficient (Wildman–Crippen LogP) is 2.67. The predicted molar refractivity (Wildman–Crippen MR) is 91.8 cm³/mol. The highest BCUT2D eigenvalue weighted by Crippen LogP contribution is 2.34.